The number of likely N-dealkylation sites (N-methyl/N-ethyl adjacent to an activating group) is 1. The number of benzene rings is 2. The lowest BCUT2D eigenvalue weighted by Crippen LogP contribution is -2.30. The van der Waals surface area contributed by atoms with Gasteiger partial charge in [0.1, 0.15) is 5.70 Å². The zero-order valence-corrected chi connectivity index (χ0v) is 14.5. The lowest BCUT2D eigenvalue weighted by molar-refractivity contribution is -0.114. The molecule has 3 nitrogen and oxygen atoms in total. The first-order chi connectivity index (χ1) is 11.0. The van der Waals surface area contributed by atoms with Crippen LogP contribution < -0.4 is 4.90 Å². The highest BCUT2D eigenvalue weighted by Gasteiger charge is 2.36. The van der Waals surface area contributed by atoms with Gasteiger partial charge in [0.25, 0.3) is 5.91 Å². The molecule has 1 fully saturated rings. The van der Waals surface area contributed by atoms with Crippen molar-refractivity contribution in [3.05, 3.63) is 69.8 Å². The zero-order chi connectivity index (χ0) is 16.6. The summed E-state index contributed by atoms with van der Waals surface area (Å²) in [7, 11) is 1.76. The van der Waals surface area contributed by atoms with Crippen molar-refractivity contribution in [3.8, 4) is 0 Å². The van der Waals surface area contributed by atoms with Crippen molar-refractivity contribution in [1.29, 1.82) is 0 Å². The maximum atomic E-state index is 12.8. The van der Waals surface area contributed by atoms with E-state index in [0.29, 0.717) is 26.4 Å². The first kappa shape index (κ1) is 16.0. The van der Waals surface area contributed by atoms with Gasteiger partial charge in [0.2, 0.25) is 0 Å². The number of para-hydroxylation sites is 1. The minimum absolute atomic E-state index is 0.185. The highest BCUT2D eigenvalue weighted by Crippen LogP contribution is 2.30. The Morgan fingerprint density at radius 1 is 1.09 bits per heavy atom. The third-order valence-corrected chi connectivity index (χ3v) is 4.55. The minimum atomic E-state index is -0.185. The summed E-state index contributed by atoms with van der Waals surface area (Å²) in [5, 5.41) is 1.46. The number of halogens is 2. The van der Waals surface area contributed by atoms with Crippen LogP contribution in [0.4, 0.5) is 5.69 Å². The van der Waals surface area contributed by atoms with Crippen LogP contribution in [0.25, 0.3) is 6.08 Å². The lowest BCUT2D eigenvalue weighted by atomic mass is 10.2. The second-order valence-corrected chi connectivity index (χ2v) is 6.22. The molecule has 0 aromatic heterocycles. The van der Waals surface area contributed by atoms with E-state index in [0.717, 1.165) is 5.69 Å². The van der Waals surface area contributed by atoms with Gasteiger partial charge < -0.3 is 4.90 Å². The van der Waals surface area contributed by atoms with E-state index in [1.54, 1.807) is 36.2 Å². The van der Waals surface area contributed by atoms with E-state index in [1.165, 1.54) is 4.90 Å². The summed E-state index contributed by atoms with van der Waals surface area (Å²) >= 11 is 17.5. The van der Waals surface area contributed by atoms with Crippen LogP contribution in [-0.2, 0) is 4.79 Å². The molecule has 0 bridgehead atoms. The van der Waals surface area contributed by atoms with Crippen LogP contribution in [0.2, 0.25) is 10.0 Å². The standard InChI is InChI=1S/C17H12Cl2N2OS/c1-20-15(9-11-7-8-12(18)10-14(11)19)16(22)21(17(20)23)13-5-3-2-4-6-13/h2-10H,1H3/b15-9-. The summed E-state index contributed by atoms with van der Waals surface area (Å²) < 4.78 is 0. The molecule has 1 amide bonds. The maximum Gasteiger partial charge on any atom is 0.281 e. The van der Waals surface area contributed by atoms with E-state index >= 15 is 0 Å². The summed E-state index contributed by atoms with van der Waals surface area (Å²) in [4.78, 5) is 15.9. The van der Waals surface area contributed by atoms with Gasteiger partial charge in [0, 0.05) is 17.1 Å². The van der Waals surface area contributed by atoms with Crippen LogP contribution >= 0.6 is 35.4 Å². The van der Waals surface area contributed by atoms with Gasteiger partial charge in [-0.2, -0.15) is 0 Å². The fraction of sp³-hybridized carbons (Fsp3) is 0.0588. The quantitative estimate of drug-likeness (QED) is 0.576. The molecule has 2 aromatic rings. The molecule has 0 saturated carbocycles. The molecule has 0 radical (unpaired) electrons. The normalized spacial score (nSPS) is 16.6. The lowest BCUT2D eigenvalue weighted by Gasteiger charge is -2.16. The van der Waals surface area contributed by atoms with E-state index in [4.69, 9.17) is 35.4 Å². The Hall–Kier alpha value is -1.88. The number of carbonyl (C=O) groups excluding carboxylic acids is 1. The SMILES string of the molecule is CN1C(=S)N(c2ccccc2)C(=O)/C1=C/c1ccc(Cl)cc1Cl. The van der Waals surface area contributed by atoms with Crippen molar-refractivity contribution in [2.75, 3.05) is 11.9 Å². The van der Waals surface area contributed by atoms with Gasteiger partial charge >= 0.3 is 0 Å². The zero-order valence-electron chi connectivity index (χ0n) is 12.2. The first-order valence-corrected chi connectivity index (χ1v) is 7.99. The van der Waals surface area contributed by atoms with Crippen molar-refractivity contribution < 1.29 is 4.79 Å². The van der Waals surface area contributed by atoms with Gasteiger partial charge in [0.15, 0.2) is 5.11 Å². The average molecular weight is 363 g/mol. The highest BCUT2D eigenvalue weighted by molar-refractivity contribution is 7.80. The molecule has 23 heavy (non-hydrogen) atoms. The molecule has 3 rings (SSSR count). The Labute approximate surface area is 149 Å². The first-order valence-electron chi connectivity index (χ1n) is 6.83. The molecule has 0 N–H and O–H groups in total. The smallest absolute Gasteiger partial charge is 0.281 e. The molecule has 1 aliphatic rings. The number of anilines is 1. The summed E-state index contributed by atoms with van der Waals surface area (Å²) in [5.74, 6) is -0.185. The number of hydrogen-bond donors (Lipinski definition) is 0. The van der Waals surface area contributed by atoms with Crippen LogP contribution in [0.3, 0.4) is 0 Å². The molecule has 6 heteroatoms. The minimum Gasteiger partial charge on any atom is -0.317 e. The predicted molar refractivity (Wildman–Crippen MR) is 98.7 cm³/mol. The highest BCUT2D eigenvalue weighted by atomic mass is 35.5. The summed E-state index contributed by atoms with van der Waals surface area (Å²) in [5.41, 5.74) is 1.91. The molecule has 1 saturated heterocycles. The molecule has 0 aliphatic carbocycles. The number of amides is 1. The Kier molecular flexibility index (Phi) is 4.39. The van der Waals surface area contributed by atoms with E-state index in [1.807, 2.05) is 30.3 Å². The average Bonchev–Trinajstić information content (AvgIpc) is 2.74. The second-order valence-electron chi connectivity index (χ2n) is 5.01. The predicted octanol–water partition coefficient (Wildman–Crippen LogP) is 4.60. The number of nitrogens with zero attached hydrogens (tertiary/aromatic N) is 2. The molecule has 0 spiro atoms. The Morgan fingerprint density at radius 3 is 2.43 bits per heavy atom. The Bertz CT molecular complexity index is 821. The van der Waals surface area contributed by atoms with Crippen molar-refractivity contribution in [2.24, 2.45) is 0 Å². The molecule has 1 aliphatic heterocycles. The van der Waals surface area contributed by atoms with Gasteiger partial charge in [-0.05, 0) is 48.1 Å². The van der Waals surface area contributed by atoms with E-state index in [9.17, 15) is 4.79 Å². The molecule has 116 valence electrons. The van der Waals surface area contributed by atoms with Crippen LogP contribution in [0.5, 0.6) is 0 Å². The van der Waals surface area contributed by atoms with E-state index in [-0.39, 0.29) is 5.91 Å². The largest absolute Gasteiger partial charge is 0.317 e. The molecular weight excluding hydrogens is 351 g/mol. The summed E-state index contributed by atoms with van der Waals surface area (Å²) in [6, 6.07) is 14.4. The van der Waals surface area contributed by atoms with Crippen molar-refractivity contribution in [1.82, 2.24) is 4.90 Å². The topological polar surface area (TPSA) is 23.6 Å². The van der Waals surface area contributed by atoms with E-state index < -0.39 is 0 Å². The van der Waals surface area contributed by atoms with Crippen molar-refractivity contribution in [3.63, 3.8) is 0 Å². The van der Waals surface area contributed by atoms with Gasteiger partial charge in [-0.1, -0.05) is 47.5 Å². The van der Waals surface area contributed by atoms with Crippen LogP contribution in [0, 0.1) is 0 Å². The van der Waals surface area contributed by atoms with Gasteiger partial charge in [-0.25, -0.2) is 0 Å². The molecule has 0 unspecified atom stereocenters. The summed E-state index contributed by atoms with van der Waals surface area (Å²) in [6.07, 6.45) is 1.72. The molecule has 1 heterocycles. The second kappa shape index (κ2) is 6.32. The van der Waals surface area contributed by atoms with Gasteiger partial charge in [-0.3, -0.25) is 9.69 Å². The number of carbonyl (C=O) groups is 1. The monoisotopic (exact) mass is 362 g/mol. The third kappa shape index (κ3) is 2.98. The van der Waals surface area contributed by atoms with E-state index in [2.05, 4.69) is 0 Å². The molecule has 0 atom stereocenters. The van der Waals surface area contributed by atoms with Crippen LogP contribution in [-0.4, -0.2) is 23.0 Å². The molecule has 2 aromatic carbocycles. The number of thiocarbonyl (C=S) groups is 1. The summed E-state index contributed by atoms with van der Waals surface area (Å²) in [6.45, 7) is 0. The van der Waals surface area contributed by atoms with Gasteiger partial charge in [0.05, 0.1) is 5.69 Å². The van der Waals surface area contributed by atoms with Crippen LogP contribution in [0.1, 0.15) is 5.56 Å². The maximum absolute atomic E-state index is 12.8. The van der Waals surface area contributed by atoms with Crippen molar-refractivity contribution in [2.45, 2.75) is 0 Å². The molecular formula is C17H12Cl2N2OS. The fourth-order valence-corrected chi connectivity index (χ4v) is 3.08. The van der Waals surface area contributed by atoms with Crippen molar-refractivity contribution >= 4 is 58.2 Å². The third-order valence-electron chi connectivity index (χ3n) is 3.53. The number of hydrogen-bond acceptors (Lipinski definition) is 2. The van der Waals surface area contributed by atoms with Gasteiger partial charge in [-0.15, -0.1) is 0 Å². The fourth-order valence-electron chi connectivity index (χ4n) is 2.33. The Morgan fingerprint density at radius 2 is 1.78 bits per heavy atom. The Balaban J connectivity index is 2.02. The van der Waals surface area contributed by atoms with Crippen LogP contribution in [0.15, 0.2) is 54.2 Å². The number of rotatable bonds is 2.